The van der Waals surface area contributed by atoms with Crippen LogP contribution in [0.2, 0.25) is 10.0 Å². The number of hydrogen-bond acceptors (Lipinski definition) is 5. The molecule has 0 bridgehead atoms. The van der Waals surface area contributed by atoms with E-state index in [1.54, 1.807) is 23.6 Å². The molecule has 2 aromatic carbocycles. The Bertz CT molecular complexity index is 1210. The topological polar surface area (TPSA) is 80.3 Å². The van der Waals surface area contributed by atoms with Crippen LogP contribution in [-0.4, -0.2) is 28.9 Å². The molecule has 0 aliphatic heterocycles. The molecule has 3 aromatic rings. The van der Waals surface area contributed by atoms with Gasteiger partial charge in [0, 0.05) is 22.5 Å². The van der Waals surface area contributed by atoms with E-state index in [0.29, 0.717) is 33.8 Å². The van der Waals surface area contributed by atoms with Crippen molar-refractivity contribution < 1.29 is 14.3 Å². The third-order valence-electron chi connectivity index (χ3n) is 6.27. The van der Waals surface area contributed by atoms with Gasteiger partial charge < -0.3 is 15.4 Å². The van der Waals surface area contributed by atoms with E-state index in [1.807, 2.05) is 12.1 Å². The molecule has 1 aliphatic carbocycles. The maximum absolute atomic E-state index is 12.9. The Morgan fingerprint density at radius 1 is 1.03 bits per heavy atom. The van der Waals surface area contributed by atoms with E-state index in [4.69, 9.17) is 27.9 Å². The highest BCUT2D eigenvalue weighted by Crippen LogP contribution is 2.24. The molecule has 0 unspecified atom stereocenters. The summed E-state index contributed by atoms with van der Waals surface area (Å²) in [4.78, 5) is 30.2. The summed E-state index contributed by atoms with van der Waals surface area (Å²) in [5, 5.41) is 9.33. The monoisotopic (exact) mass is 545 g/mol. The number of carbonyl (C=O) groups excluding carboxylic acids is 2. The van der Waals surface area contributed by atoms with Gasteiger partial charge in [0.2, 0.25) is 0 Å². The summed E-state index contributed by atoms with van der Waals surface area (Å²) in [6.45, 7) is 4.59. The fourth-order valence-electron chi connectivity index (χ4n) is 4.21. The number of ether oxygens (including phenoxy) is 1. The van der Waals surface area contributed by atoms with E-state index in [9.17, 15) is 9.59 Å². The van der Waals surface area contributed by atoms with Crippen LogP contribution in [0.15, 0.2) is 47.8 Å². The average molecular weight is 547 g/mol. The van der Waals surface area contributed by atoms with E-state index in [2.05, 4.69) is 41.6 Å². The molecule has 0 spiro atoms. The summed E-state index contributed by atoms with van der Waals surface area (Å²) >= 11 is 13.5. The SMILES string of the molecule is CC(C)c1ccc(OCc2nc(C(=O)N[C@@H]3CCCC[C@H]3NC(=O)c3ccc(Cl)cc3Cl)cs2)cc1. The lowest BCUT2D eigenvalue weighted by Gasteiger charge is -2.32. The maximum Gasteiger partial charge on any atom is 0.271 e. The van der Waals surface area contributed by atoms with Crippen LogP contribution in [-0.2, 0) is 6.61 Å². The predicted octanol–water partition coefficient (Wildman–Crippen LogP) is 6.62. The highest BCUT2D eigenvalue weighted by atomic mass is 35.5. The number of thiazole rings is 1. The Balaban J connectivity index is 1.33. The van der Waals surface area contributed by atoms with Crippen LogP contribution in [0.5, 0.6) is 5.75 Å². The van der Waals surface area contributed by atoms with Crippen LogP contribution in [0.25, 0.3) is 0 Å². The van der Waals surface area contributed by atoms with E-state index in [-0.39, 0.29) is 23.9 Å². The number of nitrogens with zero attached hydrogens (tertiary/aromatic N) is 1. The molecule has 1 aromatic heterocycles. The van der Waals surface area contributed by atoms with Crippen molar-refractivity contribution >= 4 is 46.4 Å². The second kappa shape index (κ2) is 12.1. The fourth-order valence-corrected chi connectivity index (χ4v) is 5.39. The lowest BCUT2D eigenvalue weighted by Crippen LogP contribution is -2.53. The van der Waals surface area contributed by atoms with Crippen LogP contribution in [0.4, 0.5) is 0 Å². The molecule has 0 saturated heterocycles. The summed E-state index contributed by atoms with van der Waals surface area (Å²) in [6.07, 6.45) is 3.50. The van der Waals surface area contributed by atoms with Crippen molar-refractivity contribution in [2.75, 3.05) is 0 Å². The van der Waals surface area contributed by atoms with Crippen LogP contribution < -0.4 is 15.4 Å². The molecule has 2 amide bonds. The number of carbonyl (C=O) groups is 2. The normalized spacial score (nSPS) is 17.6. The van der Waals surface area contributed by atoms with Gasteiger partial charge in [0.15, 0.2) is 0 Å². The first-order valence-corrected chi connectivity index (χ1v) is 13.7. The van der Waals surface area contributed by atoms with Gasteiger partial charge in [0.1, 0.15) is 23.1 Å². The van der Waals surface area contributed by atoms with Gasteiger partial charge in [0.25, 0.3) is 11.8 Å². The molecule has 0 radical (unpaired) electrons. The van der Waals surface area contributed by atoms with Crippen molar-refractivity contribution in [3.63, 3.8) is 0 Å². The summed E-state index contributed by atoms with van der Waals surface area (Å²) < 4.78 is 5.84. The minimum absolute atomic E-state index is 0.192. The number of halogens is 2. The first-order chi connectivity index (χ1) is 17.3. The molecule has 190 valence electrons. The molecule has 2 atom stereocenters. The average Bonchev–Trinajstić information content (AvgIpc) is 3.33. The van der Waals surface area contributed by atoms with Crippen LogP contribution in [0, 0.1) is 0 Å². The van der Waals surface area contributed by atoms with Crippen LogP contribution >= 0.6 is 34.5 Å². The molecule has 1 saturated carbocycles. The number of amides is 2. The Kier molecular flexibility index (Phi) is 8.88. The van der Waals surface area contributed by atoms with Gasteiger partial charge in [-0.25, -0.2) is 4.98 Å². The molecule has 1 aliphatic rings. The lowest BCUT2D eigenvalue weighted by atomic mass is 9.90. The van der Waals surface area contributed by atoms with Gasteiger partial charge in [-0.15, -0.1) is 11.3 Å². The fraction of sp³-hybridized carbons (Fsp3) is 0.370. The van der Waals surface area contributed by atoms with Gasteiger partial charge in [-0.3, -0.25) is 9.59 Å². The third kappa shape index (κ3) is 6.78. The van der Waals surface area contributed by atoms with Crippen LogP contribution in [0.1, 0.15) is 76.9 Å². The molecule has 9 heteroatoms. The molecule has 4 rings (SSSR count). The van der Waals surface area contributed by atoms with Crippen molar-refractivity contribution in [1.82, 2.24) is 15.6 Å². The first-order valence-electron chi connectivity index (χ1n) is 12.0. The highest BCUT2D eigenvalue weighted by Gasteiger charge is 2.29. The minimum Gasteiger partial charge on any atom is -0.486 e. The van der Waals surface area contributed by atoms with E-state index < -0.39 is 0 Å². The Hall–Kier alpha value is -2.61. The van der Waals surface area contributed by atoms with Crippen LogP contribution in [0.3, 0.4) is 0 Å². The lowest BCUT2D eigenvalue weighted by molar-refractivity contribution is 0.0860. The van der Waals surface area contributed by atoms with Crippen molar-refractivity contribution in [2.45, 2.75) is 64.1 Å². The minimum atomic E-state index is -0.280. The Labute approximate surface area is 225 Å². The summed E-state index contributed by atoms with van der Waals surface area (Å²) in [5.74, 6) is 0.695. The van der Waals surface area contributed by atoms with Crippen molar-refractivity contribution in [1.29, 1.82) is 0 Å². The third-order valence-corrected chi connectivity index (χ3v) is 7.64. The number of aromatic nitrogens is 1. The molecule has 36 heavy (non-hydrogen) atoms. The molecule has 1 heterocycles. The zero-order valence-electron chi connectivity index (χ0n) is 20.2. The number of hydrogen-bond donors (Lipinski definition) is 2. The van der Waals surface area contributed by atoms with Gasteiger partial charge in [-0.05, 0) is 54.7 Å². The van der Waals surface area contributed by atoms with Crippen molar-refractivity contribution in [2.24, 2.45) is 0 Å². The summed E-state index contributed by atoms with van der Waals surface area (Å²) in [6, 6.07) is 12.4. The molecular formula is C27H29Cl2N3O3S. The van der Waals surface area contributed by atoms with Gasteiger partial charge in [-0.2, -0.15) is 0 Å². The maximum atomic E-state index is 12.9. The van der Waals surface area contributed by atoms with Gasteiger partial charge >= 0.3 is 0 Å². The Morgan fingerprint density at radius 3 is 2.33 bits per heavy atom. The highest BCUT2D eigenvalue weighted by molar-refractivity contribution is 7.09. The molecule has 6 nitrogen and oxygen atoms in total. The van der Waals surface area contributed by atoms with Crippen molar-refractivity contribution in [3.05, 3.63) is 79.7 Å². The molecule has 2 N–H and O–H groups in total. The molecular weight excluding hydrogens is 517 g/mol. The summed E-state index contributed by atoms with van der Waals surface area (Å²) in [5.41, 5.74) is 1.97. The number of rotatable bonds is 8. The number of nitrogens with one attached hydrogen (secondary N) is 2. The number of benzene rings is 2. The van der Waals surface area contributed by atoms with E-state index in [1.165, 1.54) is 16.9 Å². The zero-order valence-corrected chi connectivity index (χ0v) is 22.6. The van der Waals surface area contributed by atoms with E-state index >= 15 is 0 Å². The second-order valence-corrected chi connectivity index (χ2v) is 11.0. The standard InChI is InChI=1S/C27H29Cl2N3O3S/c1-16(2)17-7-10-19(11-8-17)35-14-25-30-24(15-36-25)27(34)32-23-6-4-3-5-22(23)31-26(33)20-12-9-18(28)13-21(20)29/h7-13,15-16,22-23H,3-6,14H2,1-2H3,(H,31,33)(H,32,34)/t22-,23-/m1/s1. The molecule has 1 fully saturated rings. The quantitative estimate of drug-likeness (QED) is 0.333. The van der Waals surface area contributed by atoms with E-state index in [0.717, 1.165) is 36.4 Å². The Morgan fingerprint density at radius 2 is 1.69 bits per heavy atom. The first kappa shape index (κ1) is 26.5. The largest absolute Gasteiger partial charge is 0.486 e. The zero-order chi connectivity index (χ0) is 25.7. The van der Waals surface area contributed by atoms with Crippen molar-refractivity contribution in [3.8, 4) is 5.75 Å². The van der Waals surface area contributed by atoms with Gasteiger partial charge in [-0.1, -0.05) is 62.0 Å². The van der Waals surface area contributed by atoms with Gasteiger partial charge in [0.05, 0.1) is 10.6 Å². The second-order valence-electron chi connectivity index (χ2n) is 9.21. The summed E-state index contributed by atoms with van der Waals surface area (Å²) in [7, 11) is 0. The predicted molar refractivity (Wildman–Crippen MR) is 144 cm³/mol. The smallest absolute Gasteiger partial charge is 0.271 e.